The predicted molar refractivity (Wildman–Crippen MR) is 88.8 cm³/mol. The van der Waals surface area contributed by atoms with Gasteiger partial charge in [0, 0.05) is 19.4 Å². The van der Waals surface area contributed by atoms with Crippen LogP contribution in [0.3, 0.4) is 0 Å². The Morgan fingerprint density at radius 3 is 2.91 bits per heavy atom. The molecule has 1 heterocycles. The van der Waals surface area contributed by atoms with Gasteiger partial charge in [-0.1, -0.05) is 24.3 Å². The van der Waals surface area contributed by atoms with Crippen molar-refractivity contribution < 1.29 is 4.79 Å². The standard InChI is InChI=1S/C19H23N3O/c1-21(17-9-4-7-15-6-2-3-8-16(15)17)18(23)19(10-11-19)14-22-13-5-12-20-22/h2-3,5-6,8,12-13,17H,4,7,9-11,14H2,1H3/t17-/m1/s1. The third-order valence-corrected chi connectivity index (χ3v) is 5.46. The van der Waals surface area contributed by atoms with Gasteiger partial charge in [-0.2, -0.15) is 5.10 Å². The van der Waals surface area contributed by atoms with Crippen LogP contribution in [0.1, 0.15) is 42.9 Å². The zero-order valence-corrected chi connectivity index (χ0v) is 13.6. The molecule has 23 heavy (non-hydrogen) atoms. The lowest BCUT2D eigenvalue weighted by Gasteiger charge is -2.35. The number of hydrogen-bond acceptors (Lipinski definition) is 2. The number of rotatable bonds is 4. The summed E-state index contributed by atoms with van der Waals surface area (Å²) in [6.45, 7) is 0.706. The molecule has 0 saturated heterocycles. The van der Waals surface area contributed by atoms with Gasteiger partial charge in [0.25, 0.3) is 0 Å². The number of aryl methyl sites for hydroxylation is 1. The van der Waals surface area contributed by atoms with E-state index in [1.54, 1.807) is 6.20 Å². The Bertz CT molecular complexity index is 703. The van der Waals surface area contributed by atoms with Crippen LogP contribution in [-0.4, -0.2) is 27.6 Å². The molecular weight excluding hydrogens is 286 g/mol. The Morgan fingerprint density at radius 1 is 1.35 bits per heavy atom. The monoisotopic (exact) mass is 309 g/mol. The number of carbonyl (C=O) groups is 1. The number of fused-ring (bicyclic) bond motifs is 1. The molecule has 1 fully saturated rings. The van der Waals surface area contributed by atoms with E-state index < -0.39 is 0 Å². The molecule has 1 atom stereocenters. The molecule has 4 rings (SSSR count). The average molecular weight is 309 g/mol. The van der Waals surface area contributed by atoms with E-state index in [9.17, 15) is 4.79 Å². The van der Waals surface area contributed by atoms with Gasteiger partial charge < -0.3 is 4.90 Å². The van der Waals surface area contributed by atoms with Gasteiger partial charge in [-0.3, -0.25) is 9.48 Å². The summed E-state index contributed by atoms with van der Waals surface area (Å²) in [6.07, 6.45) is 9.04. The number of hydrogen-bond donors (Lipinski definition) is 0. The molecule has 4 heteroatoms. The van der Waals surface area contributed by atoms with Crippen molar-refractivity contribution in [1.29, 1.82) is 0 Å². The molecule has 0 radical (unpaired) electrons. The number of benzene rings is 1. The van der Waals surface area contributed by atoms with E-state index in [-0.39, 0.29) is 17.4 Å². The van der Waals surface area contributed by atoms with Gasteiger partial charge in [0.05, 0.1) is 18.0 Å². The summed E-state index contributed by atoms with van der Waals surface area (Å²) in [6, 6.07) is 10.7. The van der Waals surface area contributed by atoms with Crippen LogP contribution in [0.15, 0.2) is 42.7 Å². The van der Waals surface area contributed by atoms with Crippen molar-refractivity contribution in [3.8, 4) is 0 Å². The minimum Gasteiger partial charge on any atom is -0.338 e. The summed E-state index contributed by atoms with van der Waals surface area (Å²) in [5, 5.41) is 4.28. The molecule has 1 aromatic heterocycles. The van der Waals surface area contributed by atoms with E-state index in [4.69, 9.17) is 0 Å². The smallest absolute Gasteiger partial charge is 0.230 e. The van der Waals surface area contributed by atoms with Gasteiger partial charge in [-0.15, -0.1) is 0 Å². The second-order valence-corrected chi connectivity index (χ2v) is 7.01. The normalized spacial score (nSPS) is 21.5. The highest BCUT2D eigenvalue weighted by atomic mass is 16.2. The maximum Gasteiger partial charge on any atom is 0.230 e. The number of amides is 1. The molecule has 0 spiro atoms. The third kappa shape index (κ3) is 2.56. The first-order valence-electron chi connectivity index (χ1n) is 8.52. The summed E-state index contributed by atoms with van der Waals surface area (Å²) in [5.74, 6) is 0.287. The van der Waals surface area contributed by atoms with Crippen LogP contribution < -0.4 is 0 Å². The molecule has 0 unspecified atom stereocenters. The number of carbonyl (C=O) groups excluding carboxylic acids is 1. The van der Waals surface area contributed by atoms with Gasteiger partial charge in [0.2, 0.25) is 5.91 Å². The predicted octanol–water partition coefficient (Wildman–Crippen LogP) is 3.20. The van der Waals surface area contributed by atoms with Crippen LogP contribution in [0.5, 0.6) is 0 Å². The lowest BCUT2D eigenvalue weighted by molar-refractivity contribution is -0.139. The van der Waals surface area contributed by atoms with Crippen LogP contribution in [0, 0.1) is 5.41 Å². The van der Waals surface area contributed by atoms with Crippen molar-refractivity contribution >= 4 is 5.91 Å². The lowest BCUT2D eigenvalue weighted by atomic mass is 9.86. The second-order valence-electron chi connectivity index (χ2n) is 7.01. The first-order valence-corrected chi connectivity index (χ1v) is 8.52. The molecule has 1 amide bonds. The van der Waals surface area contributed by atoms with E-state index in [1.165, 1.54) is 11.1 Å². The van der Waals surface area contributed by atoms with E-state index in [0.717, 1.165) is 32.1 Å². The summed E-state index contributed by atoms with van der Waals surface area (Å²) >= 11 is 0. The highest BCUT2D eigenvalue weighted by molar-refractivity contribution is 5.85. The van der Waals surface area contributed by atoms with E-state index >= 15 is 0 Å². The molecule has 4 nitrogen and oxygen atoms in total. The third-order valence-electron chi connectivity index (χ3n) is 5.46. The van der Waals surface area contributed by atoms with Gasteiger partial charge in [-0.05, 0) is 49.3 Å². The molecular formula is C19H23N3O. The van der Waals surface area contributed by atoms with E-state index in [1.807, 2.05) is 28.9 Å². The van der Waals surface area contributed by atoms with Crippen molar-refractivity contribution in [2.45, 2.75) is 44.7 Å². The molecule has 1 saturated carbocycles. The Labute approximate surface area is 137 Å². The largest absolute Gasteiger partial charge is 0.338 e. The molecule has 0 aliphatic heterocycles. The molecule has 2 aliphatic rings. The first-order chi connectivity index (χ1) is 11.2. The van der Waals surface area contributed by atoms with E-state index in [0.29, 0.717) is 6.54 Å². The van der Waals surface area contributed by atoms with Gasteiger partial charge in [0.15, 0.2) is 0 Å². The van der Waals surface area contributed by atoms with Gasteiger partial charge in [0.1, 0.15) is 0 Å². The zero-order valence-electron chi connectivity index (χ0n) is 13.6. The topological polar surface area (TPSA) is 38.1 Å². The molecule has 2 aromatic rings. The molecule has 0 N–H and O–H groups in total. The fourth-order valence-electron chi connectivity index (χ4n) is 3.94. The Hall–Kier alpha value is -2.10. The van der Waals surface area contributed by atoms with Crippen LogP contribution in [0.25, 0.3) is 0 Å². The SMILES string of the molecule is CN(C(=O)C1(Cn2cccn2)CC1)[C@@H]1CCCc2ccccc21. The highest BCUT2D eigenvalue weighted by Crippen LogP contribution is 2.50. The van der Waals surface area contributed by atoms with Crippen molar-refractivity contribution in [2.75, 3.05) is 7.05 Å². The van der Waals surface area contributed by atoms with Crippen LogP contribution in [0.4, 0.5) is 0 Å². The van der Waals surface area contributed by atoms with Crippen molar-refractivity contribution in [3.05, 3.63) is 53.9 Å². The van der Waals surface area contributed by atoms with E-state index in [2.05, 4.69) is 29.4 Å². The van der Waals surface area contributed by atoms with Crippen molar-refractivity contribution in [3.63, 3.8) is 0 Å². The summed E-state index contributed by atoms with van der Waals surface area (Å²) in [4.78, 5) is 15.2. The lowest BCUT2D eigenvalue weighted by Crippen LogP contribution is -2.40. The first kappa shape index (κ1) is 14.5. The Balaban J connectivity index is 1.55. The molecule has 2 aliphatic carbocycles. The van der Waals surface area contributed by atoms with Gasteiger partial charge in [-0.25, -0.2) is 0 Å². The maximum absolute atomic E-state index is 13.1. The maximum atomic E-state index is 13.1. The molecule has 1 aromatic carbocycles. The quantitative estimate of drug-likeness (QED) is 0.870. The fraction of sp³-hybridized carbons (Fsp3) is 0.474. The molecule has 120 valence electrons. The minimum atomic E-state index is -0.229. The van der Waals surface area contributed by atoms with Crippen LogP contribution in [-0.2, 0) is 17.8 Å². The zero-order chi connectivity index (χ0) is 15.9. The molecule has 0 bridgehead atoms. The fourth-order valence-corrected chi connectivity index (χ4v) is 3.94. The second kappa shape index (κ2) is 5.52. The number of nitrogens with zero attached hydrogens (tertiary/aromatic N) is 3. The summed E-state index contributed by atoms with van der Waals surface area (Å²) in [7, 11) is 1.98. The summed E-state index contributed by atoms with van der Waals surface area (Å²) in [5.41, 5.74) is 2.51. The van der Waals surface area contributed by atoms with Crippen LogP contribution in [0.2, 0.25) is 0 Å². The number of aromatic nitrogens is 2. The van der Waals surface area contributed by atoms with Gasteiger partial charge >= 0.3 is 0 Å². The van der Waals surface area contributed by atoms with Crippen molar-refractivity contribution in [2.24, 2.45) is 5.41 Å². The summed E-state index contributed by atoms with van der Waals surface area (Å²) < 4.78 is 1.90. The Kier molecular flexibility index (Phi) is 3.47. The minimum absolute atomic E-state index is 0.225. The van der Waals surface area contributed by atoms with Crippen molar-refractivity contribution in [1.82, 2.24) is 14.7 Å². The Morgan fingerprint density at radius 2 is 2.17 bits per heavy atom. The van der Waals surface area contributed by atoms with Crippen LogP contribution >= 0.6 is 0 Å². The highest BCUT2D eigenvalue weighted by Gasteiger charge is 2.52. The average Bonchev–Trinajstić information content (AvgIpc) is 3.19.